The fourth-order valence-corrected chi connectivity index (χ4v) is 2.96. The number of hydrogen-bond acceptors (Lipinski definition) is 4. The summed E-state index contributed by atoms with van der Waals surface area (Å²) < 4.78 is 44.0. The number of fused-ring (bicyclic) bond motifs is 1. The molecule has 0 unspecified atom stereocenters. The lowest BCUT2D eigenvalue weighted by molar-refractivity contribution is -0.110. The van der Waals surface area contributed by atoms with Gasteiger partial charge in [0.15, 0.2) is 0 Å². The van der Waals surface area contributed by atoms with Crippen molar-refractivity contribution in [1.29, 1.82) is 0 Å². The molecule has 0 saturated carbocycles. The molecule has 0 bridgehead atoms. The summed E-state index contributed by atoms with van der Waals surface area (Å²) in [4.78, 5) is 15.3. The molecule has 2 heterocycles. The fraction of sp³-hybridized carbons (Fsp3) is 0.167. The van der Waals surface area contributed by atoms with Gasteiger partial charge in [-0.25, -0.2) is 17.5 Å². The number of rotatable bonds is 4. The lowest BCUT2D eigenvalue weighted by Gasteiger charge is -2.05. The Labute approximate surface area is 155 Å². The Morgan fingerprint density at radius 3 is 2.81 bits per heavy atom. The van der Waals surface area contributed by atoms with Crippen molar-refractivity contribution in [2.45, 2.75) is 0 Å². The molecule has 0 aliphatic carbocycles. The van der Waals surface area contributed by atoms with Crippen LogP contribution in [-0.4, -0.2) is 39.2 Å². The van der Waals surface area contributed by atoms with Crippen LogP contribution in [0.2, 0.25) is 0 Å². The minimum atomic E-state index is -3.40. The Bertz CT molecular complexity index is 1110. The maximum Gasteiger partial charge on any atom is 0.256 e. The molecule has 0 spiro atoms. The van der Waals surface area contributed by atoms with Crippen LogP contribution in [0.15, 0.2) is 24.4 Å². The second-order valence-electron chi connectivity index (χ2n) is 5.71. The highest BCUT2D eigenvalue weighted by Gasteiger charge is 2.28. The van der Waals surface area contributed by atoms with Crippen LogP contribution < -0.4 is 14.8 Å². The molecule has 1 aliphatic heterocycles. The predicted octanol–water partition coefficient (Wildman–Crippen LogP) is 1.56. The van der Waals surface area contributed by atoms with Crippen LogP contribution in [0.3, 0.4) is 0 Å². The number of hydrogen-bond donors (Lipinski definition) is 3. The number of aromatic amines is 1. The molecule has 0 fully saturated rings. The summed E-state index contributed by atoms with van der Waals surface area (Å²) in [5, 5.41) is 2.67. The molecule has 0 atom stereocenters. The molecule has 3 N–H and O–H groups in total. The number of carbonyl (C=O) groups is 1. The molecule has 0 saturated heterocycles. The molecule has 9 heteroatoms. The molecule has 0 radical (unpaired) electrons. The van der Waals surface area contributed by atoms with Gasteiger partial charge in [-0.2, -0.15) is 0 Å². The number of methoxy groups -OCH3 is 1. The van der Waals surface area contributed by atoms with Crippen molar-refractivity contribution in [2.24, 2.45) is 0 Å². The third kappa shape index (κ3) is 4.02. The Balaban J connectivity index is 2.06. The van der Waals surface area contributed by atoms with Crippen molar-refractivity contribution >= 4 is 33.3 Å². The van der Waals surface area contributed by atoms with Crippen LogP contribution in [0.1, 0.15) is 16.8 Å². The van der Waals surface area contributed by atoms with E-state index in [1.165, 1.54) is 19.2 Å². The van der Waals surface area contributed by atoms with Gasteiger partial charge in [0.05, 0.1) is 42.4 Å². The molecule has 2 aromatic rings. The Morgan fingerprint density at radius 1 is 1.33 bits per heavy atom. The first kappa shape index (κ1) is 18.7. The average molecular weight is 389 g/mol. The molecule has 3 rings (SSSR count). The van der Waals surface area contributed by atoms with E-state index >= 15 is 0 Å². The van der Waals surface area contributed by atoms with Crippen LogP contribution in [0.5, 0.6) is 5.75 Å². The van der Waals surface area contributed by atoms with Crippen LogP contribution in [0, 0.1) is 17.7 Å². The summed E-state index contributed by atoms with van der Waals surface area (Å²) in [5.74, 6) is 4.71. The summed E-state index contributed by atoms with van der Waals surface area (Å²) in [5.41, 5.74) is 1.54. The van der Waals surface area contributed by atoms with Crippen LogP contribution in [0.4, 0.5) is 10.1 Å². The van der Waals surface area contributed by atoms with Crippen LogP contribution in [0.25, 0.3) is 11.6 Å². The standard InChI is InChI=1S/C18H16FN3O4S/c1-26-16-7-9-20-15(16)10-12-17-11(4-3-8-21-27(2,24)25)13(19)5-6-14(17)22-18(12)23/h5-7,9-10,20-21H,8H2,1-2H3,(H,22,23). The van der Waals surface area contributed by atoms with E-state index in [-0.39, 0.29) is 17.7 Å². The third-order valence-corrected chi connectivity index (χ3v) is 4.47. The molecule has 1 aromatic carbocycles. The number of amides is 1. The Kier molecular flexibility index (Phi) is 5.03. The summed E-state index contributed by atoms with van der Waals surface area (Å²) in [6, 6.07) is 4.35. The Hall–Kier alpha value is -3.09. The van der Waals surface area contributed by atoms with Crippen molar-refractivity contribution < 1.29 is 22.3 Å². The van der Waals surface area contributed by atoms with Crippen molar-refractivity contribution in [1.82, 2.24) is 9.71 Å². The van der Waals surface area contributed by atoms with E-state index in [9.17, 15) is 17.6 Å². The van der Waals surface area contributed by atoms with Crippen LogP contribution >= 0.6 is 0 Å². The molecule has 140 valence electrons. The molecule has 1 aliphatic rings. The van der Waals surface area contributed by atoms with E-state index in [4.69, 9.17) is 4.74 Å². The van der Waals surface area contributed by atoms with E-state index in [1.807, 2.05) is 0 Å². The summed E-state index contributed by atoms with van der Waals surface area (Å²) in [6.07, 6.45) is 4.21. The molecule has 1 amide bonds. The number of halogens is 1. The largest absolute Gasteiger partial charge is 0.495 e. The smallest absolute Gasteiger partial charge is 0.256 e. The highest BCUT2D eigenvalue weighted by atomic mass is 32.2. The van der Waals surface area contributed by atoms with Crippen LogP contribution in [-0.2, 0) is 14.8 Å². The lowest BCUT2D eigenvalue weighted by Crippen LogP contribution is -2.21. The second kappa shape index (κ2) is 7.26. The number of H-pyrrole nitrogens is 1. The van der Waals surface area contributed by atoms with Crippen molar-refractivity contribution in [3.8, 4) is 17.6 Å². The van der Waals surface area contributed by atoms with Gasteiger partial charge >= 0.3 is 0 Å². The van der Waals surface area contributed by atoms with E-state index in [1.54, 1.807) is 18.3 Å². The highest BCUT2D eigenvalue weighted by molar-refractivity contribution is 7.88. The van der Waals surface area contributed by atoms with Gasteiger partial charge in [-0.1, -0.05) is 11.8 Å². The quantitative estimate of drug-likeness (QED) is 0.546. The minimum Gasteiger partial charge on any atom is -0.495 e. The number of ether oxygens (including phenoxy) is 1. The number of benzene rings is 1. The van der Waals surface area contributed by atoms with Gasteiger partial charge < -0.3 is 15.0 Å². The van der Waals surface area contributed by atoms with Gasteiger partial charge in [-0.3, -0.25) is 4.79 Å². The maximum absolute atomic E-state index is 14.4. The van der Waals surface area contributed by atoms with E-state index in [2.05, 4.69) is 26.9 Å². The van der Waals surface area contributed by atoms with Crippen molar-refractivity contribution in [2.75, 3.05) is 25.2 Å². The van der Waals surface area contributed by atoms with Crippen molar-refractivity contribution in [3.63, 3.8) is 0 Å². The summed E-state index contributed by atoms with van der Waals surface area (Å²) in [7, 11) is -1.90. The predicted molar refractivity (Wildman–Crippen MR) is 100.0 cm³/mol. The lowest BCUT2D eigenvalue weighted by atomic mass is 9.99. The zero-order chi connectivity index (χ0) is 19.6. The van der Waals surface area contributed by atoms with Gasteiger partial charge in [-0.15, -0.1) is 0 Å². The fourth-order valence-electron chi connectivity index (χ4n) is 2.63. The first-order chi connectivity index (χ1) is 12.8. The molecule has 27 heavy (non-hydrogen) atoms. The normalized spacial score (nSPS) is 14.5. The monoisotopic (exact) mass is 389 g/mol. The number of carbonyl (C=O) groups excluding carboxylic acids is 1. The molecular weight excluding hydrogens is 373 g/mol. The SMILES string of the molecule is COc1cc[nH]c1C=C1C(=O)Nc2ccc(F)c(C#CCNS(C)(=O)=O)c21. The van der Waals surface area contributed by atoms with Gasteiger partial charge in [0.2, 0.25) is 10.0 Å². The summed E-state index contributed by atoms with van der Waals surface area (Å²) >= 11 is 0. The number of nitrogens with one attached hydrogen (secondary N) is 3. The van der Waals surface area contributed by atoms with Gasteiger partial charge in [-0.05, 0) is 24.3 Å². The molecule has 1 aromatic heterocycles. The zero-order valence-corrected chi connectivity index (χ0v) is 15.3. The van der Waals surface area contributed by atoms with E-state index in [0.717, 1.165) is 6.26 Å². The zero-order valence-electron chi connectivity index (χ0n) is 14.5. The number of aromatic nitrogens is 1. The third-order valence-electron chi connectivity index (χ3n) is 3.80. The molecular formula is C18H16FN3O4S. The topological polar surface area (TPSA) is 100 Å². The average Bonchev–Trinajstić information content (AvgIpc) is 3.17. The first-order valence-electron chi connectivity index (χ1n) is 7.81. The second-order valence-corrected chi connectivity index (χ2v) is 7.54. The number of anilines is 1. The summed E-state index contributed by atoms with van der Waals surface area (Å²) in [6.45, 7) is -0.174. The van der Waals surface area contributed by atoms with Gasteiger partial charge in [0.1, 0.15) is 11.6 Å². The maximum atomic E-state index is 14.4. The minimum absolute atomic E-state index is 0.0120. The van der Waals surface area contributed by atoms with E-state index in [0.29, 0.717) is 22.7 Å². The van der Waals surface area contributed by atoms with Gasteiger partial charge in [0, 0.05) is 11.8 Å². The highest BCUT2D eigenvalue weighted by Crippen LogP contribution is 2.37. The van der Waals surface area contributed by atoms with Crippen molar-refractivity contribution in [3.05, 3.63) is 47.0 Å². The Morgan fingerprint density at radius 2 is 2.11 bits per heavy atom. The first-order valence-corrected chi connectivity index (χ1v) is 9.70. The van der Waals surface area contributed by atoms with Gasteiger partial charge in [0.25, 0.3) is 5.91 Å². The number of sulfonamides is 1. The molecule has 7 nitrogen and oxygen atoms in total. The van der Waals surface area contributed by atoms with E-state index < -0.39 is 21.7 Å².